The Balaban J connectivity index is 2.10. The van der Waals surface area contributed by atoms with Gasteiger partial charge in [-0.15, -0.1) is 0 Å². The lowest BCUT2D eigenvalue weighted by Gasteiger charge is -2.09. The summed E-state index contributed by atoms with van der Waals surface area (Å²) in [5, 5.41) is 3.55. The van der Waals surface area contributed by atoms with E-state index in [2.05, 4.69) is 87.6 Å². The van der Waals surface area contributed by atoms with E-state index >= 15 is 0 Å². The van der Waals surface area contributed by atoms with E-state index in [1.807, 2.05) is 0 Å². The molecule has 150 valence electrons. The SMILES string of the molecule is CCCC/C(CC)=N/C(=C\CNCc1cccc(CC)c1)c1ccc(C)cc1. The van der Waals surface area contributed by atoms with Crippen LogP contribution in [0.5, 0.6) is 0 Å². The maximum atomic E-state index is 5.04. The Morgan fingerprint density at radius 2 is 1.75 bits per heavy atom. The second-order valence-electron chi connectivity index (χ2n) is 7.39. The fourth-order valence-electron chi connectivity index (χ4n) is 3.16. The van der Waals surface area contributed by atoms with Gasteiger partial charge in [0.2, 0.25) is 0 Å². The molecule has 2 heteroatoms. The zero-order valence-electron chi connectivity index (χ0n) is 18.1. The number of hydrogen-bond acceptors (Lipinski definition) is 2. The summed E-state index contributed by atoms with van der Waals surface area (Å²) in [6.07, 6.45) is 7.84. The summed E-state index contributed by atoms with van der Waals surface area (Å²) in [4.78, 5) is 5.04. The third kappa shape index (κ3) is 7.44. The van der Waals surface area contributed by atoms with Crippen LogP contribution in [0, 0.1) is 6.92 Å². The highest BCUT2D eigenvalue weighted by Crippen LogP contribution is 2.18. The van der Waals surface area contributed by atoms with Crippen LogP contribution in [0.2, 0.25) is 0 Å². The third-order valence-electron chi connectivity index (χ3n) is 5.02. The Kier molecular flexibility index (Phi) is 9.71. The Labute approximate surface area is 171 Å². The number of aliphatic imine (C=N–C) groups is 1. The van der Waals surface area contributed by atoms with Gasteiger partial charge in [-0.05, 0) is 55.4 Å². The molecular formula is C26H36N2. The number of hydrogen-bond donors (Lipinski definition) is 1. The van der Waals surface area contributed by atoms with E-state index in [0.717, 1.165) is 38.0 Å². The average molecular weight is 377 g/mol. The molecule has 0 heterocycles. The highest BCUT2D eigenvalue weighted by molar-refractivity contribution is 5.89. The first kappa shape index (κ1) is 22.1. The summed E-state index contributed by atoms with van der Waals surface area (Å²) >= 11 is 0. The van der Waals surface area contributed by atoms with E-state index in [-0.39, 0.29) is 0 Å². The van der Waals surface area contributed by atoms with Crippen LogP contribution in [-0.2, 0) is 13.0 Å². The monoisotopic (exact) mass is 376 g/mol. The van der Waals surface area contributed by atoms with Crippen molar-refractivity contribution in [3.8, 4) is 0 Å². The zero-order valence-corrected chi connectivity index (χ0v) is 18.1. The van der Waals surface area contributed by atoms with Gasteiger partial charge in [-0.3, -0.25) is 4.99 Å². The lowest BCUT2D eigenvalue weighted by atomic mass is 10.1. The highest BCUT2D eigenvalue weighted by Gasteiger charge is 2.03. The molecule has 2 nitrogen and oxygen atoms in total. The lowest BCUT2D eigenvalue weighted by Crippen LogP contribution is -2.13. The van der Waals surface area contributed by atoms with Crippen LogP contribution in [0.4, 0.5) is 0 Å². The lowest BCUT2D eigenvalue weighted by molar-refractivity contribution is 0.758. The predicted octanol–water partition coefficient (Wildman–Crippen LogP) is 6.73. The van der Waals surface area contributed by atoms with E-state index < -0.39 is 0 Å². The number of rotatable bonds is 11. The van der Waals surface area contributed by atoms with E-state index in [9.17, 15) is 0 Å². The molecule has 0 amide bonds. The van der Waals surface area contributed by atoms with Gasteiger partial charge in [-0.1, -0.05) is 81.3 Å². The predicted molar refractivity (Wildman–Crippen MR) is 124 cm³/mol. The fourth-order valence-corrected chi connectivity index (χ4v) is 3.16. The second-order valence-corrected chi connectivity index (χ2v) is 7.39. The maximum absolute atomic E-state index is 5.04. The summed E-state index contributed by atoms with van der Waals surface area (Å²) in [5.41, 5.74) is 7.59. The molecule has 0 saturated heterocycles. The standard InChI is InChI=1S/C26H36N2/c1-5-8-12-25(7-3)28-26(24-15-13-21(4)14-16-24)17-18-27-20-23-11-9-10-22(6-2)19-23/h9-11,13-17,19,27H,5-8,12,18,20H2,1-4H3/b26-17-,28-25+. The summed E-state index contributed by atoms with van der Waals surface area (Å²) < 4.78 is 0. The van der Waals surface area contributed by atoms with Crippen molar-refractivity contribution >= 4 is 11.4 Å². The van der Waals surface area contributed by atoms with Crippen LogP contribution in [0.3, 0.4) is 0 Å². The molecule has 2 rings (SSSR count). The average Bonchev–Trinajstić information content (AvgIpc) is 2.73. The van der Waals surface area contributed by atoms with Gasteiger partial charge in [0.15, 0.2) is 0 Å². The number of aryl methyl sites for hydroxylation is 2. The Morgan fingerprint density at radius 1 is 1.00 bits per heavy atom. The van der Waals surface area contributed by atoms with Gasteiger partial charge < -0.3 is 5.32 Å². The van der Waals surface area contributed by atoms with Crippen molar-refractivity contribution in [3.05, 3.63) is 76.9 Å². The van der Waals surface area contributed by atoms with E-state index in [4.69, 9.17) is 4.99 Å². The van der Waals surface area contributed by atoms with Crippen LogP contribution in [-0.4, -0.2) is 12.3 Å². The van der Waals surface area contributed by atoms with Crippen LogP contribution in [0.25, 0.3) is 5.70 Å². The molecule has 28 heavy (non-hydrogen) atoms. The molecule has 0 aliphatic rings. The van der Waals surface area contributed by atoms with Crippen molar-refractivity contribution in [2.45, 2.75) is 66.3 Å². The molecule has 0 fully saturated rings. The van der Waals surface area contributed by atoms with Crippen molar-refractivity contribution in [2.75, 3.05) is 6.54 Å². The zero-order chi connectivity index (χ0) is 20.2. The first-order valence-corrected chi connectivity index (χ1v) is 10.8. The fraction of sp³-hybridized carbons (Fsp3) is 0.423. The molecule has 1 N–H and O–H groups in total. The summed E-state index contributed by atoms with van der Waals surface area (Å²) in [7, 11) is 0. The Morgan fingerprint density at radius 3 is 2.43 bits per heavy atom. The van der Waals surface area contributed by atoms with Crippen molar-refractivity contribution in [1.29, 1.82) is 0 Å². The van der Waals surface area contributed by atoms with E-state index in [0.29, 0.717) is 0 Å². The van der Waals surface area contributed by atoms with Crippen LogP contribution >= 0.6 is 0 Å². The van der Waals surface area contributed by atoms with Gasteiger partial charge in [0.25, 0.3) is 0 Å². The number of nitrogens with zero attached hydrogens (tertiary/aromatic N) is 1. The molecule has 0 atom stereocenters. The van der Waals surface area contributed by atoms with Gasteiger partial charge in [0.05, 0.1) is 5.70 Å². The molecule has 0 saturated carbocycles. The first-order chi connectivity index (χ1) is 13.7. The minimum atomic E-state index is 0.813. The molecule has 0 aromatic heterocycles. The van der Waals surface area contributed by atoms with Crippen molar-refractivity contribution in [1.82, 2.24) is 5.32 Å². The van der Waals surface area contributed by atoms with Crippen LogP contribution in [0.15, 0.2) is 59.6 Å². The summed E-state index contributed by atoms with van der Waals surface area (Å²) in [6.45, 7) is 10.5. The highest BCUT2D eigenvalue weighted by atomic mass is 14.9. The minimum Gasteiger partial charge on any atom is -0.309 e. The summed E-state index contributed by atoms with van der Waals surface area (Å²) in [5.74, 6) is 0. The van der Waals surface area contributed by atoms with Gasteiger partial charge in [-0.25, -0.2) is 0 Å². The van der Waals surface area contributed by atoms with Crippen molar-refractivity contribution in [3.63, 3.8) is 0 Å². The molecule has 0 aliphatic carbocycles. The molecule has 0 spiro atoms. The molecule has 2 aromatic carbocycles. The normalized spacial score (nSPS) is 12.4. The maximum Gasteiger partial charge on any atom is 0.0674 e. The minimum absolute atomic E-state index is 0.813. The van der Waals surface area contributed by atoms with E-state index in [1.165, 1.54) is 40.8 Å². The van der Waals surface area contributed by atoms with Gasteiger partial charge in [0.1, 0.15) is 0 Å². The topological polar surface area (TPSA) is 24.4 Å². The van der Waals surface area contributed by atoms with E-state index in [1.54, 1.807) is 0 Å². The molecule has 0 bridgehead atoms. The Hall–Kier alpha value is -2.19. The molecule has 0 radical (unpaired) electrons. The Bertz CT molecular complexity index is 769. The van der Waals surface area contributed by atoms with Crippen LogP contribution in [0.1, 0.15) is 68.7 Å². The number of nitrogens with one attached hydrogen (secondary N) is 1. The number of benzene rings is 2. The molecule has 0 unspecified atom stereocenters. The smallest absolute Gasteiger partial charge is 0.0674 e. The van der Waals surface area contributed by atoms with Crippen molar-refractivity contribution < 1.29 is 0 Å². The quantitative estimate of drug-likeness (QED) is 0.341. The molecule has 0 aliphatic heterocycles. The third-order valence-corrected chi connectivity index (χ3v) is 5.02. The van der Waals surface area contributed by atoms with Crippen LogP contribution < -0.4 is 5.32 Å². The largest absolute Gasteiger partial charge is 0.309 e. The number of unbranched alkanes of at least 4 members (excludes halogenated alkanes) is 1. The summed E-state index contributed by atoms with van der Waals surface area (Å²) in [6, 6.07) is 17.5. The molecule has 2 aromatic rings. The first-order valence-electron chi connectivity index (χ1n) is 10.8. The van der Waals surface area contributed by atoms with Gasteiger partial charge in [-0.2, -0.15) is 0 Å². The van der Waals surface area contributed by atoms with Gasteiger partial charge >= 0.3 is 0 Å². The van der Waals surface area contributed by atoms with Gasteiger partial charge in [0, 0.05) is 18.8 Å². The molecular weight excluding hydrogens is 340 g/mol. The van der Waals surface area contributed by atoms with Crippen molar-refractivity contribution in [2.24, 2.45) is 4.99 Å². The second kappa shape index (κ2) is 12.3.